The van der Waals surface area contributed by atoms with Crippen molar-refractivity contribution in [3.8, 4) is 11.3 Å². The molecule has 4 rings (SSSR count). The van der Waals surface area contributed by atoms with E-state index in [0.717, 1.165) is 11.1 Å². The van der Waals surface area contributed by atoms with Gasteiger partial charge < -0.3 is 5.32 Å². The van der Waals surface area contributed by atoms with E-state index in [-0.39, 0.29) is 11.3 Å². The minimum Gasteiger partial charge on any atom is -0.321 e. The molecule has 168 valence electrons. The molecule has 0 radical (unpaired) electrons. The zero-order valence-corrected chi connectivity index (χ0v) is 20.3. The van der Waals surface area contributed by atoms with Crippen LogP contribution in [0.15, 0.2) is 78.9 Å². The molecule has 4 nitrogen and oxygen atoms in total. The highest BCUT2D eigenvalue weighted by atomic mass is 35.5. The number of anilines is 1. The average Bonchev–Trinajstić information content (AvgIpc) is 3.19. The van der Waals surface area contributed by atoms with Gasteiger partial charge >= 0.3 is 0 Å². The summed E-state index contributed by atoms with van der Waals surface area (Å²) < 4.78 is 1.74. The Bertz CT molecular complexity index is 1250. The molecular weight excluding hydrogens is 453 g/mol. The fourth-order valence-electron chi connectivity index (χ4n) is 3.49. The number of benzene rings is 3. The lowest BCUT2D eigenvalue weighted by molar-refractivity contribution is 0.101. The van der Waals surface area contributed by atoms with Crippen molar-refractivity contribution in [2.45, 2.75) is 32.7 Å². The van der Waals surface area contributed by atoms with E-state index in [1.807, 2.05) is 24.3 Å². The van der Waals surface area contributed by atoms with E-state index >= 15 is 0 Å². The Hall–Kier alpha value is -3.08. The molecule has 0 bridgehead atoms. The van der Waals surface area contributed by atoms with Crippen LogP contribution in [-0.4, -0.2) is 15.7 Å². The number of amides is 1. The molecule has 0 aliphatic heterocycles. The second-order valence-corrected chi connectivity index (χ2v) is 9.86. The molecule has 0 saturated heterocycles. The predicted octanol–water partition coefficient (Wildman–Crippen LogP) is 7.46. The summed E-state index contributed by atoms with van der Waals surface area (Å²) in [5, 5.41) is 8.94. The van der Waals surface area contributed by atoms with E-state index in [2.05, 4.69) is 50.4 Å². The molecule has 0 spiro atoms. The molecule has 1 aromatic heterocycles. The normalized spacial score (nSPS) is 11.4. The van der Waals surface area contributed by atoms with Crippen molar-refractivity contribution in [2.24, 2.45) is 0 Å². The van der Waals surface area contributed by atoms with Gasteiger partial charge in [0, 0.05) is 21.3 Å². The van der Waals surface area contributed by atoms with Gasteiger partial charge in [0.2, 0.25) is 0 Å². The maximum atomic E-state index is 13.2. The van der Waals surface area contributed by atoms with Gasteiger partial charge in [-0.05, 0) is 59.0 Å². The number of halogens is 2. The molecule has 0 aliphatic carbocycles. The summed E-state index contributed by atoms with van der Waals surface area (Å²) in [4.78, 5) is 13.2. The molecule has 1 amide bonds. The monoisotopic (exact) mass is 477 g/mol. The summed E-state index contributed by atoms with van der Waals surface area (Å²) >= 11 is 12.0. The first-order chi connectivity index (χ1) is 15.7. The number of carbonyl (C=O) groups is 1. The van der Waals surface area contributed by atoms with Crippen LogP contribution in [0.4, 0.5) is 5.69 Å². The number of hydrogen-bond acceptors (Lipinski definition) is 2. The number of aromatic nitrogens is 2. The lowest BCUT2D eigenvalue weighted by Gasteiger charge is -2.19. The van der Waals surface area contributed by atoms with Gasteiger partial charge in [0.15, 0.2) is 0 Å². The van der Waals surface area contributed by atoms with Gasteiger partial charge in [-0.3, -0.25) is 9.48 Å². The van der Waals surface area contributed by atoms with Crippen LogP contribution in [0.5, 0.6) is 0 Å². The van der Waals surface area contributed by atoms with Crippen molar-refractivity contribution in [2.75, 3.05) is 5.32 Å². The van der Waals surface area contributed by atoms with E-state index in [9.17, 15) is 4.79 Å². The molecule has 1 N–H and O–H groups in total. The molecule has 4 aromatic rings. The number of nitrogens with one attached hydrogen (secondary N) is 1. The molecule has 33 heavy (non-hydrogen) atoms. The first-order valence-electron chi connectivity index (χ1n) is 10.7. The lowest BCUT2D eigenvalue weighted by Crippen LogP contribution is -2.18. The molecule has 0 saturated carbocycles. The molecule has 0 fully saturated rings. The van der Waals surface area contributed by atoms with Gasteiger partial charge in [-0.25, -0.2) is 0 Å². The van der Waals surface area contributed by atoms with Crippen molar-refractivity contribution >= 4 is 34.8 Å². The van der Waals surface area contributed by atoms with Gasteiger partial charge in [-0.2, -0.15) is 5.10 Å². The van der Waals surface area contributed by atoms with Crippen molar-refractivity contribution in [1.29, 1.82) is 0 Å². The van der Waals surface area contributed by atoms with Crippen LogP contribution in [0.25, 0.3) is 11.3 Å². The Morgan fingerprint density at radius 2 is 1.45 bits per heavy atom. The van der Waals surface area contributed by atoms with E-state index in [4.69, 9.17) is 28.3 Å². The number of carbonyl (C=O) groups excluding carboxylic acids is 1. The predicted molar refractivity (Wildman–Crippen MR) is 136 cm³/mol. The third-order valence-corrected chi connectivity index (χ3v) is 5.91. The van der Waals surface area contributed by atoms with Crippen LogP contribution in [0.1, 0.15) is 42.4 Å². The molecule has 3 aromatic carbocycles. The van der Waals surface area contributed by atoms with Crippen LogP contribution in [0, 0.1) is 0 Å². The second-order valence-electron chi connectivity index (χ2n) is 8.99. The minimum absolute atomic E-state index is 0.0790. The molecule has 1 heterocycles. The Morgan fingerprint density at radius 1 is 0.879 bits per heavy atom. The topological polar surface area (TPSA) is 46.9 Å². The quantitative estimate of drug-likeness (QED) is 0.324. The summed E-state index contributed by atoms with van der Waals surface area (Å²) in [6.45, 7) is 7.04. The van der Waals surface area contributed by atoms with Gasteiger partial charge in [0.05, 0.1) is 12.2 Å². The summed E-state index contributed by atoms with van der Waals surface area (Å²) in [5.41, 5.74) is 5.13. The van der Waals surface area contributed by atoms with Crippen LogP contribution < -0.4 is 5.32 Å². The maximum absolute atomic E-state index is 13.2. The zero-order chi connectivity index (χ0) is 23.6. The van der Waals surface area contributed by atoms with Crippen molar-refractivity contribution in [3.05, 3.63) is 106 Å². The van der Waals surface area contributed by atoms with E-state index in [0.29, 0.717) is 33.7 Å². The smallest absolute Gasteiger partial charge is 0.273 e. The SMILES string of the molecule is CC(C)(C)c1ccc(Cn2nc(-c3ccc(Cl)cc3)cc2C(=O)Nc2ccc(Cl)cc2)cc1. The highest BCUT2D eigenvalue weighted by molar-refractivity contribution is 6.31. The first-order valence-corrected chi connectivity index (χ1v) is 11.4. The summed E-state index contributed by atoms with van der Waals surface area (Å²) in [6, 6.07) is 24.7. The molecule has 6 heteroatoms. The van der Waals surface area contributed by atoms with Gasteiger partial charge in [0.25, 0.3) is 5.91 Å². The highest BCUT2D eigenvalue weighted by Crippen LogP contribution is 2.25. The largest absolute Gasteiger partial charge is 0.321 e. The van der Waals surface area contributed by atoms with Crippen molar-refractivity contribution < 1.29 is 4.79 Å². The Morgan fingerprint density at radius 3 is 2.03 bits per heavy atom. The Balaban J connectivity index is 1.66. The molecule has 0 atom stereocenters. The third-order valence-electron chi connectivity index (χ3n) is 5.41. The molecule has 0 aliphatic rings. The van der Waals surface area contributed by atoms with Crippen LogP contribution >= 0.6 is 23.2 Å². The molecule has 0 unspecified atom stereocenters. The Labute approximate surface area is 204 Å². The van der Waals surface area contributed by atoms with Gasteiger partial charge in [0.1, 0.15) is 5.69 Å². The van der Waals surface area contributed by atoms with Crippen molar-refractivity contribution in [1.82, 2.24) is 9.78 Å². The van der Waals surface area contributed by atoms with E-state index in [1.165, 1.54) is 5.56 Å². The second kappa shape index (κ2) is 9.42. The van der Waals surface area contributed by atoms with E-state index < -0.39 is 0 Å². The lowest BCUT2D eigenvalue weighted by atomic mass is 9.87. The fraction of sp³-hybridized carbons (Fsp3) is 0.185. The number of nitrogens with zero attached hydrogens (tertiary/aromatic N) is 2. The summed E-state index contributed by atoms with van der Waals surface area (Å²) in [6.07, 6.45) is 0. The third kappa shape index (κ3) is 5.65. The highest BCUT2D eigenvalue weighted by Gasteiger charge is 2.18. The minimum atomic E-state index is -0.239. The molecular formula is C27H25Cl2N3O. The maximum Gasteiger partial charge on any atom is 0.273 e. The first kappa shape index (κ1) is 23.1. The zero-order valence-electron chi connectivity index (χ0n) is 18.8. The summed E-state index contributed by atoms with van der Waals surface area (Å²) in [5.74, 6) is -0.239. The number of hydrogen-bond donors (Lipinski definition) is 1. The van der Waals surface area contributed by atoms with Crippen LogP contribution in [0.3, 0.4) is 0 Å². The van der Waals surface area contributed by atoms with Gasteiger partial charge in [-0.15, -0.1) is 0 Å². The average molecular weight is 478 g/mol. The Kier molecular flexibility index (Phi) is 6.59. The van der Waals surface area contributed by atoms with Crippen LogP contribution in [-0.2, 0) is 12.0 Å². The number of rotatable bonds is 5. The van der Waals surface area contributed by atoms with Crippen LogP contribution in [0.2, 0.25) is 10.0 Å². The van der Waals surface area contributed by atoms with Gasteiger partial charge in [-0.1, -0.05) is 80.4 Å². The standard InChI is InChI=1S/C27H25Cl2N3O/c1-27(2,3)20-8-4-18(5-9-20)17-32-25(26(33)30-23-14-12-22(29)13-15-23)16-24(31-32)19-6-10-21(28)11-7-19/h4-16H,17H2,1-3H3,(H,30,33). The van der Waals surface area contributed by atoms with Crippen molar-refractivity contribution in [3.63, 3.8) is 0 Å². The van der Waals surface area contributed by atoms with E-state index in [1.54, 1.807) is 35.0 Å². The fourth-order valence-corrected chi connectivity index (χ4v) is 3.75. The summed E-state index contributed by atoms with van der Waals surface area (Å²) in [7, 11) is 0.